The summed E-state index contributed by atoms with van der Waals surface area (Å²) in [7, 11) is 1.39. The van der Waals surface area contributed by atoms with Crippen LogP contribution in [0.25, 0.3) is 0 Å². The van der Waals surface area contributed by atoms with Gasteiger partial charge in [0, 0.05) is 7.11 Å². The van der Waals surface area contributed by atoms with E-state index in [1.807, 2.05) is 0 Å². The molecule has 0 amide bonds. The van der Waals surface area contributed by atoms with Crippen molar-refractivity contribution in [3.63, 3.8) is 0 Å². The first-order valence-corrected chi connectivity index (χ1v) is 3.80. The Labute approximate surface area is 70.5 Å². The zero-order valence-corrected chi connectivity index (χ0v) is 7.04. The molecule has 5 heteroatoms. The van der Waals surface area contributed by atoms with Crippen LogP contribution in [-0.4, -0.2) is 53.1 Å². The van der Waals surface area contributed by atoms with Gasteiger partial charge in [-0.25, -0.2) is 0 Å². The largest absolute Gasteiger partial charge is 0.391 e. The van der Waals surface area contributed by atoms with Gasteiger partial charge in [0.15, 0.2) is 6.29 Å². The lowest BCUT2D eigenvalue weighted by atomic mass is 10.1. The number of aliphatic hydroxyl groups is 3. The number of rotatable bonds is 2. The van der Waals surface area contributed by atoms with Gasteiger partial charge in [-0.2, -0.15) is 0 Å². The zero-order chi connectivity index (χ0) is 9.30. The highest BCUT2D eigenvalue weighted by atomic mass is 16.7. The molecule has 0 unspecified atom stereocenters. The Morgan fingerprint density at radius 3 is 2.33 bits per heavy atom. The topological polar surface area (TPSA) is 79.2 Å². The third-order valence-corrected chi connectivity index (χ3v) is 2.00. The van der Waals surface area contributed by atoms with Crippen LogP contribution in [0.4, 0.5) is 0 Å². The van der Waals surface area contributed by atoms with Crippen molar-refractivity contribution < 1.29 is 24.8 Å². The van der Waals surface area contributed by atoms with Crippen molar-refractivity contribution in [3.05, 3.63) is 0 Å². The average molecular weight is 178 g/mol. The highest BCUT2D eigenvalue weighted by Crippen LogP contribution is 2.24. The van der Waals surface area contributed by atoms with Crippen LogP contribution in [0, 0.1) is 0 Å². The lowest BCUT2D eigenvalue weighted by Gasteiger charge is -2.20. The van der Waals surface area contributed by atoms with Gasteiger partial charge >= 0.3 is 0 Å². The molecule has 3 N–H and O–H groups in total. The Morgan fingerprint density at radius 1 is 1.42 bits per heavy atom. The fraction of sp³-hybridized carbons (Fsp3) is 1.00. The maximum atomic E-state index is 9.27. The monoisotopic (exact) mass is 178 g/mol. The number of hydrogen-bond donors (Lipinski definition) is 3. The summed E-state index contributed by atoms with van der Waals surface area (Å²) in [5.74, 6) is 0. The minimum Gasteiger partial charge on any atom is -0.391 e. The van der Waals surface area contributed by atoms with E-state index >= 15 is 0 Å². The summed E-state index contributed by atoms with van der Waals surface area (Å²) in [6.07, 6.45) is -4.47. The summed E-state index contributed by atoms with van der Waals surface area (Å²) >= 11 is 0. The number of methoxy groups -OCH3 is 1. The van der Waals surface area contributed by atoms with Gasteiger partial charge in [0.2, 0.25) is 0 Å². The van der Waals surface area contributed by atoms with Crippen LogP contribution < -0.4 is 0 Å². The van der Waals surface area contributed by atoms with Crippen molar-refractivity contribution in [2.45, 2.75) is 37.6 Å². The Morgan fingerprint density at radius 2 is 2.00 bits per heavy atom. The van der Waals surface area contributed by atoms with E-state index in [0.717, 1.165) is 0 Å². The minimum atomic E-state index is -1.27. The molecule has 0 aliphatic carbocycles. The molecule has 0 aromatic rings. The molecule has 1 aliphatic rings. The van der Waals surface area contributed by atoms with Gasteiger partial charge in [0.1, 0.15) is 18.3 Å². The predicted molar refractivity (Wildman–Crippen MR) is 39.4 cm³/mol. The molecule has 5 atom stereocenters. The first kappa shape index (κ1) is 9.88. The quantitative estimate of drug-likeness (QED) is 0.477. The zero-order valence-electron chi connectivity index (χ0n) is 7.04. The van der Waals surface area contributed by atoms with Gasteiger partial charge in [-0.05, 0) is 6.92 Å². The lowest BCUT2D eigenvalue weighted by Crippen LogP contribution is -2.39. The van der Waals surface area contributed by atoms with Gasteiger partial charge in [0.05, 0.1) is 6.10 Å². The van der Waals surface area contributed by atoms with Gasteiger partial charge in [0.25, 0.3) is 0 Å². The summed E-state index contributed by atoms with van der Waals surface area (Å²) in [5.41, 5.74) is 0. The molecule has 1 aliphatic heterocycles. The van der Waals surface area contributed by atoms with E-state index in [9.17, 15) is 5.11 Å². The van der Waals surface area contributed by atoms with E-state index in [-0.39, 0.29) is 0 Å². The Bertz CT molecular complexity index is 149. The maximum absolute atomic E-state index is 9.27. The third-order valence-electron chi connectivity index (χ3n) is 2.00. The van der Waals surface area contributed by atoms with Crippen LogP contribution in [0.1, 0.15) is 6.92 Å². The second-order valence-electron chi connectivity index (χ2n) is 2.92. The molecular formula is C7H14O5. The molecule has 1 saturated heterocycles. The smallest absolute Gasteiger partial charge is 0.184 e. The first-order chi connectivity index (χ1) is 5.57. The molecule has 0 radical (unpaired) electrons. The minimum absolute atomic E-state index is 0.667. The van der Waals surface area contributed by atoms with E-state index in [2.05, 4.69) is 0 Å². The van der Waals surface area contributed by atoms with Crippen molar-refractivity contribution in [2.75, 3.05) is 7.11 Å². The van der Waals surface area contributed by atoms with E-state index in [4.69, 9.17) is 19.7 Å². The van der Waals surface area contributed by atoms with Gasteiger partial charge < -0.3 is 24.8 Å². The molecule has 72 valence electrons. The van der Waals surface area contributed by atoms with Crippen LogP contribution in [0.5, 0.6) is 0 Å². The van der Waals surface area contributed by atoms with Crippen LogP contribution in [0.2, 0.25) is 0 Å². The van der Waals surface area contributed by atoms with E-state index in [1.54, 1.807) is 0 Å². The number of aliphatic hydroxyl groups excluding tert-OH is 3. The van der Waals surface area contributed by atoms with Crippen molar-refractivity contribution in [1.82, 2.24) is 0 Å². The summed E-state index contributed by atoms with van der Waals surface area (Å²) in [6.45, 7) is 1.52. The van der Waals surface area contributed by atoms with Crippen molar-refractivity contribution >= 4 is 0 Å². The van der Waals surface area contributed by atoms with E-state index in [1.165, 1.54) is 14.0 Å². The van der Waals surface area contributed by atoms with Crippen molar-refractivity contribution in [2.24, 2.45) is 0 Å². The molecular weight excluding hydrogens is 164 g/mol. The van der Waals surface area contributed by atoms with Crippen LogP contribution in [0.3, 0.4) is 0 Å². The highest BCUT2D eigenvalue weighted by Gasteiger charge is 2.45. The Balaban J connectivity index is 2.65. The summed E-state index contributed by atoms with van der Waals surface area (Å²) in [5, 5.41) is 27.5. The lowest BCUT2D eigenvalue weighted by molar-refractivity contribution is -0.143. The molecule has 1 rings (SSSR count). The predicted octanol–water partition coefficient (Wildman–Crippen LogP) is -1.54. The summed E-state index contributed by atoms with van der Waals surface area (Å²) in [6, 6.07) is 0. The molecule has 0 saturated carbocycles. The molecule has 1 fully saturated rings. The average Bonchev–Trinajstić information content (AvgIpc) is 2.29. The second kappa shape index (κ2) is 3.68. The maximum Gasteiger partial charge on any atom is 0.184 e. The fourth-order valence-corrected chi connectivity index (χ4v) is 1.34. The SMILES string of the molecule is CO[C@H]1[C@@H](O)[C@@H](O)O[C@@H]1[C@H](C)O. The standard InChI is InChI=1S/C7H14O5/c1-3(8)5-6(11-2)4(9)7(10)12-5/h3-10H,1-2H3/t3-,4+,5+,6-,7-/m0/s1. The second-order valence-corrected chi connectivity index (χ2v) is 2.92. The molecule has 12 heavy (non-hydrogen) atoms. The number of hydrogen-bond acceptors (Lipinski definition) is 5. The van der Waals surface area contributed by atoms with Crippen LogP contribution in [0.15, 0.2) is 0 Å². The van der Waals surface area contributed by atoms with Crippen LogP contribution in [-0.2, 0) is 9.47 Å². The van der Waals surface area contributed by atoms with Gasteiger partial charge in [-0.3, -0.25) is 0 Å². The molecule has 0 spiro atoms. The van der Waals surface area contributed by atoms with Gasteiger partial charge in [-0.15, -0.1) is 0 Å². The van der Waals surface area contributed by atoms with Crippen LogP contribution >= 0.6 is 0 Å². The summed E-state index contributed by atoms with van der Waals surface area (Å²) < 4.78 is 9.74. The fourth-order valence-electron chi connectivity index (χ4n) is 1.34. The highest BCUT2D eigenvalue weighted by molar-refractivity contribution is 4.89. The Kier molecular flexibility index (Phi) is 3.03. The first-order valence-electron chi connectivity index (χ1n) is 3.80. The van der Waals surface area contributed by atoms with Gasteiger partial charge in [-0.1, -0.05) is 0 Å². The Hall–Kier alpha value is -0.200. The third kappa shape index (κ3) is 1.60. The molecule has 0 bridgehead atoms. The van der Waals surface area contributed by atoms with E-state index in [0.29, 0.717) is 0 Å². The summed E-state index contributed by atoms with van der Waals surface area (Å²) in [4.78, 5) is 0. The van der Waals surface area contributed by atoms with E-state index < -0.39 is 30.7 Å². The molecule has 0 aromatic carbocycles. The molecule has 1 heterocycles. The molecule has 5 nitrogen and oxygen atoms in total. The number of ether oxygens (including phenoxy) is 2. The molecule has 0 aromatic heterocycles. The normalized spacial score (nSPS) is 44.8. The van der Waals surface area contributed by atoms with Crippen molar-refractivity contribution in [1.29, 1.82) is 0 Å². The van der Waals surface area contributed by atoms with Crippen molar-refractivity contribution in [3.8, 4) is 0 Å².